The Labute approximate surface area is 188 Å². The fourth-order valence-corrected chi connectivity index (χ4v) is 4.47. The summed E-state index contributed by atoms with van der Waals surface area (Å²) in [6.45, 7) is 0.704. The van der Waals surface area contributed by atoms with E-state index in [4.69, 9.17) is 9.57 Å². The van der Waals surface area contributed by atoms with Crippen LogP contribution in [0, 0.1) is 0 Å². The zero-order valence-corrected chi connectivity index (χ0v) is 18.2. The number of pyridine rings is 1. The van der Waals surface area contributed by atoms with Crippen molar-refractivity contribution in [2.24, 2.45) is 12.2 Å². The number of hydrogen-bond acceptors (Lipinski definition) is 7. The summed E-state index contributed by atoms with van der Waals surface area (Å²) in [4.78, 5) is 22.7. The molecule has 1 amide bonds. The third kappa shape index (κ3) is 4.33. The first-order valence-electron chi connectivity index (χ1n) is 10.2. The van der Waals surface area contributed by atoms with Crippen LogP contribution in [0.1, 0.15) is 16.1 Å². The molecule has 5 rings (SSSR count). The molecule has 4 heterocycles. The number of carbonyl (C=O) groups excluding carboxylic acids is 1. The third-order valence-corrected chi connectivity index (χ3v) is 6.21. The molecule has 162 valence electrons. The SMILES string of the molecule is Cn1cc(-c2ccccc2OCC2CC(CNC(=O)c3cc4ccncc4s3)=NO2)cn1. The summed E-state index contributed by atoms with van der Waals surface area (Å²) in [7, 11) is 1.88. The molecule has 0 aliphatic carbocycles. The van der Waals surface area contributed by atoms with Crippen molar-refractivity contribution in [3.63, 3.8) is 0 Å². The van der Waals surface area contributed by atoms with Gasteiger partial charge in [-0.3, -0.25) is 14.5 Å². The maximum Gasteiger partial charge on any atom is 0.261 e. The number of carbonyl (C=O) groups is 1. The molecule has 1 aromatic carbocycles. The van der Waals surface area contributed by atoms with Gasteiger partial charge >= 0.3 is 0 Å². The Morgan fingerprint density at radius 3 is 3.06 bits per heavy atom. The average molecular weight is 448 g/mol. The molecule has 1 aliphatic heterocycles. The summed E-state index contributed by atoms with van der Waals surface area (Å²) in [5.74, 6) is 0.643. The highest BCUT2D eigenvalue weighted by Crippen LogP contribution is 2.30. The molecular formula is C23H21N5O3S. The quantitative estimate of drug-likeness (QED) is 0.467. The molecule has 0 saturated carbocycles. The van der Waals surface area contributed by atoms with Gasteiger partial charge in [-0.15, -0.1) is 11.3 Å². The van der Waals surface area contributed by atoms with Crippen LogP contribution in [0.2, 0.25) is 0 Å². The van der Waals surface area contributed by atoms with Crippen molar-refractivity contribution in [2.75, 3.05) is 13.2 Å². The molecule has 32 heavy (non-hydrogen) atoms. The molecule has 1 N–H and O–H groups in total. The lowest BCUT2D eigenvalue weighted by Crippen LogP contribution is -2.29. The van der Waals surface area contributed by atoms with Crippen molar-refractivity contribution in [3.05, 3.63) is 66.1 Å². The van der Waals surface area contributed by atoms with Gasteiger partial charge in [0.05, 0.1) is 28.0 Å². The first-order chi connectivity index (χ1) is 15.7. The summed E-state index contributed by atoms with van der Waals surface area (Å²) in [5, 5.41) is 12.3. The van der Waals surface area contributed by atoms with E-state index in [9.17, 15) is 4.79 Å². The van der Waals surface area contributed by atoms with Crippen LogP contribution >= 0.6 is 11.3 Å². The molecule has 8 nitrogen and oxygen atoms in total. The number of oxime groups is 1. The van der Waals surface area contributed by atoms with Crippen molar-refractivity contribution in [2.45, 2.75) is 12.5 Å². The average Bonchev–Trinajstić information content (AvgIpc) is 3.55. The van der Waals surface area contributed by atoms with Crippen LogP contribution in [0.15, 0.2) is 66.3 Å². The number of ether oxygens (including phenoxy) is 1. The van der Waals surface area contributed by atoms with Gasteiger partial charge in [-0.05, 0) is 23.6 Å². The van der Waals surface area contributed by atoms with Crippen LogP contribution < -0.4 is 10.1 Å². The van der Waals surface area contributed by atoms with Crippen LogP contribution in [0.25, 0.3) is 21.2 Å². The number of aryl methyl sites for hydroxylation is 1. The third-order valence-electron chi connectivity index (χ3n) is 5.12. The predicted molar refractivity (Wildman–Crippen MR) is 123 cm³/mol. The monoisotopic (exact) mass is 447 g/mol. The fourth-order valence-electron chi connectivity index (χ4n) is 3.52. The number of hydrogen-bond donors (Lipinski definition) is 1. The van der Waals surface area contributed by atoms with Gasteiger partial charge in [-0.25, -0.2) is 0 Å². The highest BCUT2D eigenvalue weighted by Gasteiger charge is 2.23. The Bertz CT molecular complexity index is 1260. The number of thiophene rings is 1. The van der Waals surface area contributed by atoms with Crippen molar-refractivity contribution in [3.8, 4) is 16.9 Å². The summed E-state index contributed by atoms with van der Waals surface area (Å²) in [6.07, 6.45) is 7.66. The topological polar surface area (TPSA) is 90.6 Å². The number of para-hydroxylation sites is 1. The normalized spacial score (nSPS) is 15.4. The molecule has 1 atom stereocenters. The summed E-state index contributed by atoms with van der Waals surface area (Å²) in [6, 6.07) is 11.6. The Morgan fingerprint density at radius 1 is 1.31 bits per heavy atom. The number of fused-ring (bicyclic) bond motifs is 1. The van der Waals surface area contributed by atoms with E-state index in [1.165, 1.54) is 11.3 Å². The lowest BCUT2D eigenvalue weighted by atomic mass is 10.1. The minimum Gasteiger partial charge on any atom is -0.489 e. The van der Waals surface area contributed by atoms with Gasteiger partial charge in [0.15, 0.2) is 6.10 Å². The smallest absolute Gasteiger partial charge is 0.261 e. The lowest BCUT2D eigenvalue weighted by Gasteiger charge is -2.13. The minimum absolute atomic E-state index is 0.126. The van der Waals surface area contributed by atoms with Crippen LogP contribution in [0.4, 0.5) is 0 Å². The molecule has 4 aromatic rings. The van der Waals surface area contributed by atoms with Crippen molar-refractivity contribution in [1.29, 1.82) is 0 Å². The van der Waals surface area contributed by atoms with Gasteiger partial charge < -0.3 is 14.9 Å². The standard InChI is InChI=1S/C23H21N5O3S/c1-28-13-16(10-26-28)19-4-2-3-5-20(19)30-14-18-9-17(27-31-18)11-25-23(29)21-8-15-6-7-24-12-22(15)32-21/h2-8,10,12-13,18H,9,11,14H2,1H3,(H,25,29). The Balaban J connectivity index is 1.13. The molecular weight excluding hydrogens is 426 g/mol. The molecule has 0 spiro atoms. The van der Waals surface area contributed by atoms with Gasteiger partial charge in [0.2, 0.25) is 0 Å². The summed E-state index contributed by atoms with van der Waals surface area (Å²) in [5.41, 5.74) is 2.76. The molecule has 1 unspecified atom stereocenters. The van der Waals surface area contributed by atoms with Gasteiger partial charge in [-0.1, -0.05) is 23.4 Å². The van der Waals surface area contributed by atoms with E-state index in [0.29, 0.717) is 24.4 Å². The van der Waals surface area contributed by atoms with Gasteiger partial charge in [0, 0.05) is 43.2 Å². The largest absolute Gasteiger partial charge is 0.489 e. The van der Waals surface area contributed by atoms with E-state index in [1.807, 2.05) is 55.8 Å². The molecule has 1 aliphatic rings. The van der Waals surface area contributed by atoms with Crippen LogP contribution in [-0.2, 0) is 11.9 Å². The number of aromatic nitrogens is 3. The van der Waals surface area contributed by atoms with Gasteiger partial charge in [0.1, 0.15) is 12.4 Å². The first kappa shape index (κ1) is 20.2. The maximum atomic E-state index is 12.5. The predicted octanol–water partition coefficient (Wildman–Crippen LogP) is 3.65. The van der Waals surface area contributed by atoms with Gasteiger partial charge in [-0.2, -0.15) is 5.10 Å². The van der Waals surface area contributed by atoms with Crippen molar-refractivity contribution >= 4 is 33.0 Å². The van der Waals surface area contributed by atoms with Crippen LogP contribution in [0.5, 0.6) is 5.75 Å². The zero-order chi connectivity index (χ0) is 21.9. The molecule has 0 saturated heterocycles. The summed E-state index contributed by atoms with van der Waals surface area (Å²) < 4.78 is 8.78. The van der Waals surface area contributed by atoms with E-state index < -0.39 is 0 Å². The van der Waals surface area contributed by atoms with E-state index in [-0.39, 0.29) is 12.0 Å². The minimum atomic E-state index is -0.195. The molecule has 0 bridgehead atoms. The van der Waals surface area contributed by atoms with E-state index in [2.05, 4.69) is 20.6 Å². The van der Waals surface area contributed by atoms with E-state index in [1.54, 1.807) is 17.1 Å². The van der Waals surface area contributed by atoms with Crippen molar-refractivity contribution < 1.29 is 14.4 Å². The van der Waals surface area contributed by atoms with E-state index in [0.717, 1.165) is 32.7 Å². The number of rotatable bonds is 7. The molecule has 0 fully saturated rings. The Kier molecular flexibility index (Phi) is 5.55. The zero-order valence-electron chi connectivity index (χ0n) is 17.4. The second-order valence-corrected chi connectivity index (χ2v) is 8.59. The second kappa shape index (κ2) is 8.80. The molecule has 3 aromatic heterocycles. The van der Waals surface area contributed by atoms with Crippen LogP contribution in [-0.4, -0.2) is 45.6 Å². The Morgan fingerprint density at radius 2 is 2.22 bits per heavy atom. The lowest BCUT2D eigenvalue weighted by molar-refractivity contribution is 0.0472. The molecule has 9 heteroatoms. The Hall–Kier alpha value is -3.72. The number of nitrogens with one attached hydrogen (secondary N) is 1. The highest BCUT2D eigenvalue weighted by atomic mass is 32.1. The van der Waals surface area contributed by atoms with Crippen LogP contribution in [0.3, 0.4) is 0 Å². The number of amides is 1. The number of benzene rings is 1. The van der Waals surface area contributed by atoms with E-state index >= 15 is 0 Å². The molecule has 0 radical (unpaired) electrons. The highest BCUT2D eigenvalue weighted by molar-refractivity contribution is 7.20. The summed E-state index contributed by atoms with van der Waals surface area (Å²) >= 11 is 1.42. The number of nitrogens with zero attached hydrogens (tertiary/aromatic N) is 4. The van der Waals surface area contributed by atoms with Crippen molar-refractivity contribution in [1.82, 2.24) is 20.1 Å². The maximum absolute atomic E-state index is 12.5. The second-order valence-electron chi connectivity index (χ2n) is 7.51. The fraction of sp³-hybridized carbons (Fsp3) is 0.217. The first-order valence-corrected chi connectivity index (χ1v) is 11.0. The van der Waals surface area contributed by atoms with Gasteiger partial charge in [0.25, 0.3) is 5.91 Å².